The van der Waals surface area contributed by atoms with Crippen LogP contribution in [0.1, 0.15) is 24.0 Å². The zero-order chi connectivity index (χ0) is 12.3. The Morgan fingerprint density at radius 1 is 1.29 bits per heavy atom. The van der Waals surface area contributed by atoms with Crippen LogP contribution in [-0.2, 0) is 0 Å². The number of benzene rings is 1. The molecule has 1 aliphatic rings. The summed E-state index contributed by atoms with van der Waals surface area (Å²) in [4.78, 5) is 1.28. The molecule has 0 saturated carbocycles. The lowest BCUT2D eigenvalue weighted by Crippen LogP contribution is -2.31. The lowest BCUT2D eigenvalue weighted by atomic mass is 10.1. The van der Waals surface area contributed by atoms with E-state index in [9.17, 15) is 0 Å². The molecule has 1 aromatic rings. The summed E-state index contributed by atoms with van der Waals surface area (Å²) in [6.07, 6.45) is 2.58. The van der Waals surface area contributed by atoms with Crippen LogP contribution in [0.15, 0.2) is 17.0 Å². The number of hydrogen-bond acceptors (Lipinski definition) is 3. The average Bonchev–Trinajstić information content (AvgIpc) is 2.35. The quantitative estimate of drug-likeness (QED) is 0.891. The molecule has 1 fully saturated rings. The second-order valence-corrected chi connectivity index (χ2v) is 6.02. The van der Waals surface area contributed by atoms with Crippen LogP contribution in [0.4, 0.5) is 0 Å². The summed E-state index contributed by atoms with van der Waals surface area (Å²) in [6.45, 7) is 6.58. The summed E-state index contributed by atoms with van der Waals surface area (Å²) in [5, 5.41) is 4.14. The molecule has 2 nitrogen and oxygen atoms in total. The predicted molar refractivity (Wildman–Crippen MR) is 74.2 cm³/mol. The van der Waals surface area contributed by atoms with Gasteiger partial charge in [0.05, 0.1) is 7.11 Å². The molecule has 94 valence electrons. The third kappa shape index (κ3) is 3.17. The molecule has 1 aromatic carbocycles. The molecular formula is C14H21NOS. The van der Waals surface area contributed by atoms with E-state index in [0.29, 0.717) is 5.25 Å². The van der Waals surface area contributed by atoms with Crippen molar-refractivity contribution >= 4 is 11.8 Å². The van der Waals surface area contributed by atoms with E-state index in [2.05, 4.69) is 31.3 Å². The normalized spacial score (nSPS) is 20.3. The Balaban J connectivity index is 2.15. The van der Waals surface area contributed by atoms with Gasteiger partial charge in [0, 0.05) is 16.7 Å². The third-order valence-electron chi connectivity index (χ3n) is 3.33. The minimum Gasteiger partial charge on any atom is -0.496 e. The first-order valence-corrected chi connectivity index (χ1v) is 7.11. The van der Waals surface area contributed by atoms with Crippen LogP contribution in [0.5, 0.6) is 5.75 Å². The molecule has 0 spiro atoms. The second kappa shape index (κ2) is 5.78. The fourth-order valence-corrected chi connectivity index (χ4v) is 3.46. The fourth-order valence-electron chi connectivity index (χ4n) is 2.11. The predicted octanol–water partition coefficient (Wildman–Crippen LogP) is 3.16. The molecule has 1 saturated heterocycles. The molecule has 1 heterocycles. The molecule has 1 aliphatic heterocycles. The average molecular weight is 251 g/mol. The maximum Gasteiger partial charge on any atom is 0.132 e. The van der Waals surface area contributed by atoms with Crippen LogP contribution < -0.4 is 10.1 Å². The third-order valence-corrected chi connectivity index (χ3v) is 4.63. The van der Waals surface area contributed by atoms with Crippen molar-refractivity contribution in [2.45, 2.75) is 36.8 Å². The Bertz CT molecular complexity index is 386. The lowest BCUT2D eigenvalue weighted by Gasteiger charge is -2.23. The monoisotopic (exact) mass is 251 g/mol. The molecule has 0 aliphatic carbocycles. The summed E-state index contributed by atoms with van der Waals surface area (Å²) in [5.74, 6) is 1.02. The van der Waals surface area contributed by atoms with E-state index in [4.69, 9.17) is 4.74 Å². The molecule has 0 amide bonds. The van der Waals surface area contributed by atoms with Crippen LogP contribution in [0.25, 0.3) is 0 Å². The van der Waals surface area contributed by atoms with Gasteiger partial charge in [-0.2, -0.15) is 0 Å². The molecule has 1 atom stereocenters. The molecule has 1 unspecified atom stereocenters. The highest BCUT2D eigenvalue weighted by Crippen LogP contribution is 2.36. The van der Waals surface area contributed by atoms with Gasteiger partial charge in [0.15, 0.2) is 0 Å². The molecular weight excluding hydrogens is 230 g/mol. The minimum atomic E-state index is 0.680. The van der Waals surface area contributed by atoms with Crippen molar-refractivity contribution in [1.82, 2.24) is 5.32 Å². The van der Waals surface area contributed by atoms with Gasteiger partial charge >= 0.3 is 0 Å². The van der Waals surface area contributed by atoms with Crippen molar-refractivity contribution in [3.8, 4) is 5.75 Å². The summed E-state index contributed by atoms with van der Waals surface area (Å²) in [6, 6.07) is 4.40. The van der Waals surface area contributed by atoms with Gasteiger partial charge in [-0.05, 0) is 56.5 Å². The van der Waals surface area contributed by atoms with Gasteiger partial charge < -0.3 is 10.1 Å². The van der Waals surface area contributed by atoms with Crippen LogP contribution in [0.2, 0.25) is 0 Å². The molecule has 1 N–H and O–H groups in total. The molecule has 3 heteroatoms. The zero-order valence-corrected chi connectivity index (χ0v) is 11.7. The smallest absolute Gasteiger partial charge is 0.132 e. The van der Waals surface area contributed by atoms with Gasteiger partial charge in [-0.15, -0.1) is 11.8 Å². The van der Waals surface area contributed by atoms with E-state index < -0.39 is 0 Å². The van der Waals surface area contributed by atoms with Crippen molar-refractivity contribution in [1.29, 1.82) is 0 Å². The van der Waals surface area contributed by atoms with Gasteiger partial charge in [0.25, 0.3) is 0 Å². The van der Waals surface area contributed by atoms with Gasteiger partial charge in [0.1, 0.15) is 5.75 Å². The zero-order valence-electron chi connectivity index (χ0n) is 10.9. The SMILES string of the molecule is COc1cc(C)c(C)cc1SC1CCCNC1. The van der Waals surface area contributed by atoms with Crippen LogP contribution >= 0.6 is 11.8 Å². The van der Waals surface area contributed by atoms with E-state index in [1.165, 1.54) is 35.4 Å². The van der Waals surface area contributed by atoms with E-state index >= 15 is 0 Å². The van der Waals surface area contributed by atoms with Crippen molar-refractivity contribution < 1.29 is 4.74 Å². The Labute approximate surface area is 108 Å². The Hall–Kier alpha value is -0.670. The fraction of sp³-hybridized carbons (Fsp3) is 0.571. The molecule has 17 heavy (non-hydrogen) atoms. The first-order chi connectivity index (χ1) is 8.20. The highest BCUT2D eigenvalue weighted by atomic mass is 32.2. The van der Waals surface area contributed by atoms with Crippen LogP contribution in [0, 0.1) is 13.8 Å². The summed E-state index contributed by atoms with van der Waals surface area (Å²) < 4.78 is 5.48. The number of aryl methyl sites for hydroxylation is 2. The molecule has 0 radical (unpaired) electrons. The highest BCUT2D eigenvalue weighted by molar-refractivity contribution is 8.00. The number of hydrogen-bond donors (Lipinski definition) is 1. The van der Waals surface area contributed by atoms with E-state index in [1.54, 1.807) is 7.11 Å². The summed E-state index contributed by atoms with van der Waals surface area (Å²) in [7, 11) is 1.76. The van der Waals surface area contributed by atoms with Crippen LogP contribution in [0.3, 0.4) is 0 Å². The lowest BCUT2D eigenvalue weighted by molar-refractivity contribution is 0.404. The first kappa shape index (κ1) is 12.8. The second-order valence-electron chi connectivity index (χ2n) is 4.67. The maximum atomic E-state index is 5.48. The van der Waals surface area contributed by atoms with E-state index in [-0.39, 0.29) is 0 Å². The summed E-state index contributed by atoms with van der Waals surface area (Å²) in [5.41, 5.74) is 2.64. The number of nitrogens with one attached hydrogen (secondary N) is 1. The molecule has 0 bridgehead atoms. The number of methoxy groups -OCH3 is 1. The Kier molecular flexibility index (Phi) is 4.35. The highest BCUT2D eigenvalue weighted by Gasteiger charge is 2.16. The van der Waals surface area contributed by atoms with Crippen molar-refractivity contribution in [3.63, 3.8) is 0 Å². The summed E-state index contributed by atoms with van der Waals surface area (Å²) >= 11 is 1.95. The molecule has 0 aromatic heterocycles. The van der Waals surface area contributed by atoms with Gasteiger partial charge in [-0.1, -0.05) is 0 Å². The van der Waals surface area contributed by atoms with Crippen LogP contribution in [-0.4, -0.2) is 25.4 Å². The van der Waals surface area contributed by atoms with Crippen molar-refractivity contribution in [3.05, 3.63) is 23.3 Å². The topological polar surface area (TPSA) is 21.3 Å². The maximum absolute atomic E-state index is 5.48. The number of ether oxygens (including phenoxy) is 1. The van der Waals surface area contributed by atoms with Gasteiger partial charge in [-0.3, -0.25) is 0 Å². The molecule has 2 rings (SSSR count). The van der Waals surface area contributed by atoms with Gasteiger partial charge in [-0.25, -0.2) is 0 Å². The van der Waals surface area contributed by atoms with E-state index in [0.717, 1.165) is 12.3 Å². The Morgan fingerprint density at radius 3 is 2.71 bits per heavy atom. The minimum absolute atomic E-state index is 0.680. The standard InChI is InChI=1S/C14H21NOS/c1-10-7-13(16-3)14(8-11(10)2)17-12-5-4-6-15-9-12/h7-8,12,15H,4-6,9H2,1-3H3. The first-order valence-electron chi connectivity index (χ1n) is 6.23. The number of piperidine rings is 1. The van der Waals surface area contributed by atoms with Crippen molar-refractivity contribution in [2.75, 3.05) is 20.2 Å². The number of rotatable bonds is 3. The van der Waals surface area contributed by atoms with E-state index in [1.807, 2.05) is 11.8 Å². The Morgan fingerprint density at radius 2 is 2.06 bits per heavy atom. The van der Waals surface area contributed by atoms with Crippen molar-refractivity contribution in [2.24, 2.45) is 0 Å². The largest absolute Gasteiger partial charge is 0.496 e. The number of thioether (sulfide) groups is 1. The van der Waals surface area contributed by atoms with Gasteiger partial charge in [0.2, 0.25) is 0 Å².